The van der Waals surface area contributed by atoms with Crippen molar-refractivity contribution in [2.45, 2.75) is 56.5 Å². The van der Waals surface area contributed by atoms with E-state index in [9.17, 15) is 4.79 Å². The van der Waals surface area contributed by atoms with E-state index in [4.69, 9.17) is 11.6 Å². The highest BCUT2D eigenvalue weighted by Gasteiger charge is 2.56. The van der Waals surface area contributed by atoms with Crippen LogP contribution in [0.4, 0.5) is 5.82 Å². The minimum Gasteiger partial charge on any atom is -0.335 e. The van der Waals surface area contributed by atoms with Crippen molar-refractivity contribution in [3.63, 3.8) is 0 Å². The highest BCUT2D eigenvalue weighted by atomic mass is 35.5. The Balaban J connectivity index is 1.82. The summed E-state index contributed by atoms with van der Waals surface area (Å²) in [6.45, 7) is 0.905. The van der Waals surface area contributed by atoms with E-state index in [1.807, 2.05) is 11.5 Å². The zero-order valence-corrected chi connectivity index (χ0v) is 12.8. The number of quaternary nitrogens is 1. The second-order valence-electron chi connectivity index (χ2n) is 6.47. The molecule has 6 heteroatoms. The Morgan fingerprint density at radius 2 is 2.14 bits per heavy atom. The maximum atomic E-state index is 12.8. The Labute approximate surface area is 129 Å². The molecule has 1 aliphatic carbocycles. The quantitative estimate of drug-likeness (QED) is 0.788. The first-order chi connectivity index (χ1) is 10.2. The molecule has 3 aliphatic rings. The molecule has 1 aromatic rings. The van der Waals surface area contributed by atoms with Gasteiger partial charge in [-0.25, -0.2) is 14.8 Å². The number of primary amides is 1. The number of rotatable bonds is 1. The molecule has 2 aliphatic heterocycles. The fourth-order valence-electron chi connectivity index (χ4n) is 4.35. The van der Waals surface area contributed by atoms with Gasteiger partial charge in [-0.2, -0.15) is 0 Å². The molecule has 1 amide bonds. The average molecular weight is 308 g/mol. The van der Waals surface area contributed by atoms with Crippen LogP contribution in [0.3, 0.4) is 0 Å². The van der Waals surface area contributed by atoms with Crippen LogP contribution in [-0.2, 0) is 11.2 Å². The topological polar surface area (TPSA) is 62.7 Å². The number of nitrogens with zero attached hydrogens (tertiary/aromatic N) is 3. The number of amides is 1. The highest BCUT2D eigenvalue weighted by molar-refractivity contribution is 6.28. The monoisotopic (exact) mass is 307 g/mol. The largest absolute Gasteiger partial charge is 0.336 e. The van der Waals surface area contributed by atoms with Crippen LogP contribution >= 0.6 is 11.6 Å². The van der Waals surface area contributed by atoms with Gasteiger partial charge in [0.25, 0.3) is 0 Å². The van der Waals surface area contributed by atoms with Gasteiger partial charge in [0, 0.05) is 24.2 Å². The van der Waals surface area contributed by atoms with Crippen LogP contribution < -0.4 is 10.2 Å². The van der Waals surface area contributed by atoms with Gasteiger partial charge in [0.05, 0.1) is 6.54 Å². The summed E-state index contributed by atoms with van der Waals surface area (Å²) < 4.78 is 0. The molecule has 0 aromatic carbocycles. The molecule has 4 rings (SSSR count). The maximum Gasteiger partial charge on any atom is 0.336 e. The lowest BCUT2D eigenvalue weighted by Gasteiger charge is -2.42. The number of aromatic nitrogens is 2. The Bertz CT molecular complexity index is 587. The fraction of sp³-hybridized carbons (Fsp3) is 0.667. The number of fused-ring (bicyclic) bond motifs is 1. The van der Waals surface area contributed by atoms with Gasteiger partial charge in [0.1, 0.15) is 5.82 Å². The lowest BCUT2D eigenvalue weighted by molar-refractivity contribution is -0.579. The first kappa shape index (κ1) is 13.5. The van der Waals surface area contributed by atoms with E-state index in [0.29, 0.717) is 6.04 Å². The van der Waals surface area contributed by atoms with Crippen LogP contribution in [0.2, 0.25) is 5.28 Å². The molecule has 3 heterocycles. The van der Waals surface area contributed by atoms with E-state index >= 15 is 0 Å². The summed E-state index contributed by atoms with van der Waals surface area (Å²) >= 11 is 6.02. The number of piperidine rings is 1. The standard InChI is InChI=1S/C15H19ClN4O/c16-14-18-9-10-8-15(6-3-7-17-13(15)21)20(12(10)19-14)11-4-1-2-5-11/h9,11H,1-8H2,(H,17,21)/p+1. The Hall–Kier alpha value is -1.20. The summed E-state index contributed by atoms with van der Waals surface area (Å²) in [5.41, 5.74) is 0.671. The van der Waals surface area contributed by atoms with Crippen LogP contribution in [-0.4, -0.2) is 34.0 Å². The third-order valence-corrected chi connectivity index (χ3v) is 5.44. The van der Waals surface area contributed by atoms with Crippen LogP contribution in [0, 0.1) is 0 Å². The van der Waals surface area contributed by atoms with Crippen molar-refractivity contribution in [1.29, 1.82) is 0 Å². The second-order valence-corrected chi connectivity index (χ2v) is 6.80. The molecule has 0 radical (unpaired) electrons. The molecule has 2 fully saturated rings. The van der Waals surface area contributed by atoms with Crippen LogP contribution in [0.25, 0.3) is 0 Å². The summed E-state index contributed by atoms with van der Waals surface area (Å²) in [6.07, 6.45) is 9.32. The molecule has 1 atom stereocenters. The molecule has 21 heavy (non-hydrogen) atoms. The molecule has 0 bridgehead atoms. The normalized spacial score (nSPS) is 29.4. The van der Waals surface area contributed by atoms with Gasteiger partial charge >= 0.3 is 5.91 Å². The number of anilines is 1. The maximum absolute atomic E-state index is 12.8. The third kappa shape index (κ3) is 1.98. The van der Waals surface area contributed by atoms with Crippen molar-refractivity contribution < 1.29 is 10.1 Å². The van der Waals surface area contributed by atoms with Gasteiger partial charge < -0.3 is 4.90 Å². The first-order valence-corrected chi connectivity index (χ1v) is 8.27. The van der Waals surface area contributed by atoms with Crippen LogP contribution in [0.5, 0.6) is 0 Å². The number of hydrogen-bond donors (Lipinski definition) is 1. The highest BCUT2D eigenvalue weighted by Crippen LogP contribution is 2.45. The van der Waals surface area contributed by atoms with Crippen molar-refractivity contribution in [1.82, 2.24) is 9.97 Å². The average Bonchev–Trinajstić information content (AvgIpc) is 3.08. The van der Waals surface area contributed by atoms with Gasteiger partial charge in [-0.05, 0) is 37.3 Å². The first-order valence-electron chi connectivity index (χ1n) is 7.89. The minimum atomic E-state index is -0.408. The second kappa shape index (κ2) is 4.92. The van der Waals surface area contributed by atoms with Crippen molar-refractivity contribution in [3.8, 4) is 0 Å². The Morgan fingerprint density at radius 3 is 2.90 bits per heavy atom. The molecular weight excluding hydrogens is 288 g/mol. The van der Waals surface area contributed by atoms with Gasteiger partial charge in [0.15, 0.2) is 5.54 Å². The molecule has 1 saturated carbocycles. The summed E-state index contributed by atoms with van der Waals surface area (Å²) in [4.78, 5) is 23.7. The van der Waals surface area contributed by atoms with E-state index in [-0.39, 0.29) is 11.2 Å². The fourth-order valence-corrected chi connectivity index (χ4v) is 4.48. The predicted molar refractivity (Wildman–Crippen MR) is 79.2 cm³/mol. The van der Waals surface area contributed by atoms with E-state index in [1.54, 1.807) is 0 Å². The summed E-state index contributed by atoms with van der Waals surface area (Å²) in [7, 11) is 0. The molecule has 1 saturated heterocycles. The van der Waals surface area contributed by atoms with Crippen molar-refractivity contribution >= 4 is 23.3 Å². The van der Waals surface area contributed by atoms with Crippen molar-refractivity contribution in [2.75, 3.05) is 11.4 Å². The minimum absolute atomic E-state index is 0.273. The lowest BCUT2D eigenvalue weighted by atomic mass is 9.84. The summed E-state index contributed by atoms with van der Waals surface area (Å²) in [5, 5.41) is 2.16. The SMILES string of the molecule is O=C1[NH2+]CCCC12Cc1cnc(Cl)nc1N2C1CCCC1. The number of nitrogens with two attached hydrogens (primary N) is 1. The molecule has 1 unspecified atom stereocenters. The summed E-state index contributed by atoms with van der Waals surface area (Å²) in [6, 6.07) is 0.424. The smallest absolute Gasteiger partial charge is 0.335 e. The molecule has 112 valence electrons. The van der Waals surface area contributed by atoms with E-state index in [0.717, 1.165) is 50.0 Å². The van der Waals surface area contributed by atoms with Gasteiger partial charge in [-0.15, -0.1) is 0 Å². The number of halogens is 1. The molecule has 2 N–H and O–H groups in total. The van der Waals surface area contributed by atoms with E-state index < -0.39 is 5.54 Å². The van der Waals surface area contributed by atoms with Gasteiger partial charge in [-0.1, -0.05) is 12.8 Å². The number of hydrogen-bond acceptors (Lipinski definition) is 4. The Morgan fingerprint density at radius 1 is 1.33 bits per heavy atom. The molecular formula is C15H20ClN4O+. The van der Waals surface area contributed by atoms with Gasteiger partial charge in [0.2, 0.25) is 5.28 Å². The van der Waals surface area contributed by atoms with Crippen molar-refractivity contribution in [3.05, 3.63) is 17.0 Å². The third-order valence-electron chi connectivity index (χ3n) is 5.26. The zero-order chi connectivity index (χ0) is 14.4. The van der Waals surface area contributed by atoms with E-state index in [1.165, 1.54) is 12.8 Å². The Kier molecular flexibility index (Phi) is 3.15. The van der Waals surface area contributed by atoms with Crippen molar-refractivity contribution in [2.24, 2.45) is 0 Å². The van der Waals surface area contributed by atoms with Gasteiger partial charge in [-0.3, -0.25) is 5.32 Å². The van der Waals surface area contributed by atoms with E-state index in [2.05, 4.69) is 14.9 Å². The lowest BCUT2D eigenvalue weighted by Crippen LogP contribution is -2.96. The molecule has 1 aromatic heterocycles. The molecule has 5 nitrogen and oxygen atoms in total. The van der Waals surface area contributed by atoms with Crippen LogP contribution in [0.1, 0.15) is 44.1 Å². The molecule has 1 spiro atoms. The zero-order valence-electron chi connectivity index (χ0n) is 12.0. The number of carbonyl (C=O) groups is 1. The predicted octanol–water partition coefficient (Wildman–Crippen LogP) is 1.06. The number of carbonyl (C=O) groups excluding carboxylic acids is 1. The summed E-state index contributed by atoms with van der Waals surface area (Å²) in [5.74, 6) is 1.18. The van der Waals surface area contributed by atoms with Crippen LogP contribution in [0.15, 0.2) is 6.20 Å².